The van der Waals surface area contributed by atoms with E-state index in [2.05, 4.69) is 0 Å². The molecule has 0 saturated heterocycles. The van der Waals surface area contributed by atoms with Crippen LogP contribution in [0, 0.1) is 0 Å². The number of unbranched alkanes of at least 4 members (excludes halogenated alkanes) is 2. The van der Waals surface area contributed by atoms with Crippen molar-refractivity contribution in [3.05, 3.63) is 12.2 Å². The smallest absolute Gasteiger partial charge is 0.253 e. The topological polar surface area (TPSA) is 54.5 Å². The highest BCUT2D eigenvalue weighted by Gasteiger charge is 2.22. The quantitative estimate of drug-likeness (QED) is 0.485. The zero-order valence-electron chi connectivity index (χ0n) is 9.57. The molecule has 88 valence electrons. The molecule has 0 saturated carbocycles. The number of nitrogens with zero attached hydrogens (tertiary/aromatic N) is 1. The van der Waals surface area contributed by atoms with Crippen LogP contribution in [0.1, 0.15) is 39.0 Å². The molecule has 4 heteroatoms. The SMILES string of the molecule is CCC(=O)CCCCCN1C(=O)C=CC1=O. The Kier molecular flexibility index (Phi) is 4.89. The van der Waals surface area contributed by atoms with Crippen LogP contribution in [-0.2, 0) is 14.4 Å². The Morgan fingerprint density at radius 2 is 1.75 bits per heavy atom. The first-order valence-electron chi connectivity index (χ1n) is 5.70. The zero-order valence-corrected chi connectivity index (χ0v) is 9.57. The number of hydrogen-bond acceptors (Lipinski definition) is 3. The van der Waals surface area contributed by atoms with Crippen molar-refractivity contribution >= 4 is 17.6 Å². The van der Waals surface area contributed by atoms with Crippen LogP contribution in [0.25, 0.3) is 0 Å². The number of rotatable bonds is 7. The first-order chi connectivity index (χ1) is 7.65. The number of imide groups is 1. The van der Waals surface area contributed by atoms with Crippen molar-refractivity contribution in [2.75, 3.05) is 6.54 Å². The highest BCUT2D eigenvalue weighted by Crippen LogP contribution is 2.08. The predicted molar refractivity (Wildman–Crippen MR) is 59.6 cm³/mol. The second kappa shape index (κ2) is 6.20. The zero-order chi connectivity index (χ0) is 12.0. The Labute approximate surface area is 95.3 Å². The maximum atomic E-state index is 11.2. The minimum Gasteiger partial charge on any atom is -0.300 e. The molecular weight excluding hydrogens is 206 g/mol. The molecule has 1 heterocycles. The summed E-state index contributed by atoms with van der Waals surface area (Å²) >= 11 is 0. The minimum atomic E-state index is -0.227. The van der Waals surface area contributed by atoms with Gasteiger partial charge in [-0.2, -0.15) is 0 Å². The van der Waals surface area contributed by atoms with Gasteiger partial charge in [0.2, 0.25) is 0 Å². The van der Waals surface area contributed by atoms with Gasteiger partial charge < -0.3 is 0 Å². The number of carbonyl (C=O) groups excluding carboxylic acids is 3. The summed E-state index contributed by atoms with van der Waals surface area (Å²) < 4.78 is 0. The third-order valence-electron chi connectivity index (χ3n) is 2.63. The lowest BCUT2D eigenvalue weighted by Gasteiger charge is -2.12. The fraction of sp³-hybridized carbons (Fsp3) is 0.583. The van der Waals surface area contributed by atoms with Crippen molar-refractivity contribution < 1.29 is 14.4 Å². The highest BCUT2D eigenvalue weighted by molar-refractivity contribution is 6.12. The van der Waals surface area contributed by atoms with Crippen molar-refractivity contribution in [3.8, 4) is 0 Å². The first kappa shape index (κ1) is 12.6. The molecule has 0 aromatic carbocycles. The number of amides is 2. The third kappa shape index (κ3) is 3.61. The number of carbonyl (C=O) groups is 3. The van der Waals surface area contributed by atoms with Crippen LogP contribution in [0.15, 0.2) is 12.2 Å². The molecule has 1 aliphatic heterocycles. The molecule has 0 radical (unpaired) electrons. The van der Waals surface area contributed by atoms with Crippen LogP contribution in [0.5, 0.6) is 0 Å². The molecule has 0 unspecified atom stereocenters. The van der Waals surface area contributed by atoms with E-state index in [0.29, 0.717) is 19.4 Å². The van der Waals surface area contributed by atoms with Gasteiger partial charge in [0.1, 0.15) is 5.78 Å². The molecule has 2 amide bonds. The van der Waals surface area contributed by atoms with Crippen LogP contribution >= 0.6 is 0 Å². The minimum absolute atomic E-state index is 0.227. The van der Waals surface area contributed by atoms with Gasteiger partial charge in [0, 0.05) is 31.5 Å². The van der Waals surface area contributed by atoms with Crippen LogP contribution in [-0.4, -0.2) is 29.0 Å². The van der Waals surface area contributed by atoms with Gasteiger partial charge in [0.15, 0.2) is 0 Å². The number of hydrogen-bond donors (Lipinski definition) is 0. The van der Waals surface area contributed by atoms with E-state index in [1.54, 1.807) is 0 Å². The Balaban J connectivity index is 2.10. The second-order valence-corrected chi connectivity index (χ2v) is 3.86. The van der Waals surface area contributed by atoms with Gasteiger partial charge in [-0.15, -0.1) is 0 Å². The summed E-state index contributed by atoms with van der Waals surface area (Å²) in [6, 6.07) is 0. The van der Waals surface area contributed by atoms with Gasteiger partial charge in [0.25, 0.3) is 11.8 Å². The summed E-state index contributed by atoms with van der Waals surface area (Å²) in [5.41, 5.74) is 0. The van der Waals surface area contributed by atoms with Crippen molar-refractivity contribution in [2.45, 2.75) is 39.0 Å². The molecule has 0 spiro atoms. The fourth-order valence-electron chi connectivity index (χ4n) is 1.60. The average molecular weight is 223 g/mol. The van der Waals surface area contributed by atoms with Crippen LogP contribution in [0.3, 0.4) is 0 Å². The largest absolute Gasteiger partial charge is 0.300 e. The van der Waals surface area contributed by atoms with Crippen LogP contribution in [0.4, 0.5) is 0 Å². The Hall–Kier alpha value is -1.45. The lowest BCUT2D eigenvalue weighted by molar-refractivity contribution is -0.136. The molecule has 0 fully saturated rings. The van der Waals surface area contributed by atoms with E-state index in [9.17, 15) is 14.4 Å². The third-order valence-corrected chi connectivity index (χ3v) is 2.63. The molecule has 0 aromatic heterocycles. The number of ketones is 1. The molecule has 0 aliphatic carbocycles. The predicted octanol–water partition coefficient (Wildman–Crippen LogP) is 1.45. The van der Waals surface area contributed by atoms with E-state index >= 15 is 0 Å². The van der Waals surface area contributed by atoms with Gasteiger partial charge in [0.05, 0.1) is 0 Å². The summed E-state index contributed by atoms with van der Waals surface area (Å²) in [6.07, 6.45) is 6.28. The summed E-state index contributed by atoms with van der Waals surface area (Å²) in [7, 11) is 0. The van der Waals surface area contributed by atoms with E-state index in [0.717, 1.165) is 19.3 Å². The standard InChI is InChI=1S/C12H17NO3/c1-2-10(14)6-4-3-5-9-13-11(15)7-8-12(13)16/h7-8H,2-6,9H2,1H3. The van der Waals surface area contributed by atoms with E-state index in [1.165, 1.54) is 17.1 Å². The first-order valence-corrected chi connectivity index (χ1v) is 5.70. The summed E-state index contributed by atoms with van der Waals surface area (Å²) in [5.74, 6) is -0.181. The maximum Gasteiger partial charge on any atom is 0.253 e. The van der Waals surface area contributed by atoms with Gasteiger partial charge in [-0.3, -0.25) is 19.3 Å². The Morgan fingerprint density at radius 3 is 2.31 bits per heavy atom. The van der Waals surface area contributed by atoms with Crippen molar-refractivity contribution in [1.82, 2.24) is 4.90 Å². The molecule has 1 aliphatic rings. The fourth-order valence-corrected chi connectivity index (χ4v) is 1.60. The van der Waals surface area contributed by atoms with Crippen molar-refractivity contribution in [2.24, 2.45) is 0 Å². The average Bonchev–Trinajstić information content (AvgIpc) is 2.59. The lowest BCUT2D eigenvalue weighted by Crippen LogP contribution is -2.30. The summed E-state index contributed by atoms with van der Waals surface area (Å²) in [4.78, 5) is 34.6. The van der Waals surface area contributed by atoms with Gasteiger partial charge in [-0.05, 0) is 12.8 Å². The molecule has 16 heavy (non-hydrogen) atoms. The normalized spacial score (nSPS) is 14.9. The molecule has 0 bridgehead atoms. The molecule has 0 N–H and O–H groups in total. The van der Waals surface area contributed by atoms with Crippen molar-refractivity contribution in [3.63, 3.8) is 0 Å². The molecule has 0 aromatic rings. The highest BCUT2D eigenvalue weighted by atomic mass is 16.2. The molecular formula is C12H17NO3. The lowest BCUT2D eigenvalue weighted by atomic mass is 10.1. The number of Topliss-reactive ketones (excluding diaryl/α,β-unsaturated/α-hetero) is 1. The second-order valence-electron chi connectivity index (χ2n) is 3.86. The van der Waals surface area contributed by atoms with E-state index in [-0.39, 0.29) is 17.6 Å². The molecule has 1 rings (SSSR count). The van der Waals surface area contributed by atoms with Gasteiger partial charge >= 0.3 is 0 Å². The van der Waals surface area contributed by atoms with Crippen LogP contribution < -0.4 is 0 Å². The Morgan fingerprint density at radius 1 is 1.12 bits per heavy atom. The Bertz CT molecular complexity index is 302. The van der Waals surface area contributed by atoms with E-state index in [1.807, 2.05) is 6.92 Å². The van der Waals surface area contributed by atoms with Gasteiger partial charge in [-0.25, -0.2) is 0 Å². The van der Waals surface area contributed by atoms with E-state index < -0.39 is 0 Å². The summed E-state index contributed by atoms with van der Waals surface area (Å²) in [5, 5.41) is 0. The van der Waals surface area contributed by atoms with Crippen molar-refractivity contribution in [1.29, 1.82) is 0 Å². The van der Waals surface area contributed by atoms with E-state index in [4.69, 9.17) is 0 Å². The maximum absolute atomic E-state index is 11.2. The van der Waals surface area contributed by atoms with Gasteiger partial charge in [-0.1, -0.05) is 13.3 Å². The molecule has 0 atom stereocenters. The molecule has 4 nitrogen and oxygen atoms in total. The van der Waals surface area contributed by atoms with Crippen LogP contribution in [0.2, 0.25) is 0 Å². The monoisotopic (exact) mass is 223 g/mol. The summed E-state index contributed by atoms with van der Waals surface area (Å²) in [6.45, 7) is 2.32.